The van der Waals surface area contributed by atoms with E-state index in [2.05, 4.69) is 15.1 Å². The summed E-state index contributed by atoms with van der Waals surface area (Å²) in [5.41, 5.74) is 1.77. The number of pyridine rings is 1. The van der Waals surface area contributed by atoms with E-state index in [1.54, 1.807) is 7.11 Å². The van der Waals surface area contributed by atoms with Crippen LogP contribution in [0.5, 0.6) is 5.75 Å². The molecule has 0 N–H and O–H groups in total. The Kier molecular flexibility index (Phi) is 4.02. The van der Waals surface area contributed by atoms with Crippen LogP contribution in [0.1, 0.15) is 30.4 Å². The van der Waals surface area contributed by atoms with Gasteiger partial charge in [-0.15, -0.1) is 0 Å². The smallest absolute Gasteiger partial charge is 0.264 e. The molecule has 2 aromatic heterocycles. The topological polar surface area (TPSA) is 70.3 Å². The molecule has 0 aliphatic heterocycles. The molecule has 6 nitrogen and oxygen atoms in total. The zero-order valence-corrected chi connectivity index (χ0v) is 12.7. The van der Waals surface area contributed by atoms with E-state index in [1.165, 1.54) is 0 Å². The molecule has 1 aromatic carbocycles. The minimum absolute atomic E-state index is 0.193. The van der Waals surface area contributed by atoms with Crippen molar-refractivity contribution in [2.45, 2.75) is 26.6 Å². The van der Waals surface area contributed by atoms with Crippen molar-refractivity contribution in [3.05, 3.63) is 47.7 Å². The Morgan fingerprint density at radius 1 is 1.18 bits per heavy atom. The minimum atomic E-state index is -0.209. The summed E-state index contributed by atoms with van der Waals surface area (Å²) in [5.74, 6) is 1.61. The van der Waals surface area contributed by atoms with E-state index in [9.17, 15) is 0 Å². The van der Waals surface area contributed by atoms with Crippen LogP contribution in [-0.4, -0.2) is 22.2 Å². The Balaban J connectivity index is 1.79. The number of ether oxygens (including phenoxy) is 2. The van der Waals surface area contributed by atoms with Gasteiger partial charge in [-0.1, -0.05) is 23.4 Å². The molecule has 0 radical (unpaired) electrons. The molecule has 1 atom stereocenters. The first kappa shape index (κ1) is 14.5. The summed E-state index contributed by atoms with van der Waals surface area (Å²) in [6.45, 7) is 4.00. The van der Waals surface area contributed by atoms with E-state index < -0.39 is 0 Å². The van der Waals surface area contributed by atoms with Crippen LogP contribution in [-0.2, 0) is 11.3 Å². The van der Waals surface area contributed by atoms with E-state index in [1.807, 2.05) is 44.2 Å². The van der Waals surface area contributed by atoms with Crippen LogP contribution in [0.15, 0.2) is 34.9 Å². The van der Waals surface area contributed by atoms with Gasteiger partial charge in [-0.3, -0.25) is 0 Å². The molecule has 3 aromatic rings. The number of benzene rings is 1. The number of nitrogens with zero attached hydrogens (tertiary/aromatic N) is 3. The van der Waals surface area contributed by atoms with Gasteiger partial charge in [0.2, 0.25) is 0 Å². The molecule has 3 rings (SSSR count). The van der Waals surface area contributed by atoms with Gasteiger partial charge in [0.25, 0.3) is 5.89 Å². The lowest BCUT2D eigenvalue weighted by atomic mass is 10.2. The molecule has 114 valence electrons. The number of hydrogen-bond acceptors (Lipinski definition) is 6. The maximum atomic E-state index is 5.79. The average Bonchev–Trinajstić information content (AvgIpc) is 3.01. The summed E-state index contributed by atoms with van der Waals surface area (Å²) >= 11 is 0. The first-order valence-electron chi connectivity index (χ1n) is 7.02. The third-order valence-corrected chi connectivity index (χ3v) is 3.37. The van der Waals surface area contributed by atoms with Crippen molar-refractivity contribution < 1.29 is 14.0 Å². The third-order valence-electron chi connectivity index (χ3n) is 3.37. The van der Waals surface area contributed by atoms with Crippen LogP contribution < -0.4 is 4.74 Å². The molecule has 22 heavy (non-hydrogen) atoms. The molecule has 6 heteroatoms. The number of hydrogen-bond donors (Lipinski definition) is 0. The van der Waals surface area contributed by atoms with Gasteiger partial charge >= 0.3 is 0 Å². The Morgan fingerprint density at radius 2 is 2.05 bits per heavy atom. The molecule has 0 amide bonds. The Bertz CT molecular complexity index is 785. The molecule has 0 unspecified atom stereocenters. The number of aromatic nitrogens is 3. The Hall–Kier alpha value is -2.47. The molecule has 0 saturated heterocycles. The van der Waals surface area contributed by atoms with Crippen molar-refractivity contribution in [3.63, 3.8) is 0 Å². The Labute approximate surface area is 128 Å². The van der Waals surface area contributed by atoms with Crippen molar-refractivity contribution in [2.75, 3.05) is 7.11 Å². The molecular formula is C16H17N3O3. The van der Waals surface area contributed by atoms with Crippen LogP contribution >= 0.6 is 0 Å². The van der Waals surface area contributed by atoms with E-state index in [0.717, 1.165) is 16.6 Å². The van der Waals surface area contributed by atoms with E-state index in [-0.39, 0.29) is 12.7 Å². The SMILES string of the molecule is CO[C@@H](C)c1noc(COc2cccc3ccc(C)nc23)n1. The summed E-state index contributed by atoms with van der Waals surface area (Å²) in [6.07, 6.45) is -0.209. The van der Waals surface area contributed by atoms with Gasteiger partial charge < -0.3 is 14.0 Å². The fraction of sp³-hybridized carbons (Fsp3) is 0.312. The zero-order chi connectivity index (χ0) is 15.5. The van der Waals surface area contributed by atoms with Crippen molar-refractivity contribution in [3.8, 4) is 5.75 Å². The van der Waals surface area contributed by atoms with Crippen LogP contribution in [0.2, 0.25) is 0 Å². The molecular weight excluding hydrogens is 282 g/mol. The lowest BCUT2D eigenvalue weighted by molar-refractivity contribution is 0.109. The highest BCUT2D eigenvalue weighted by Crippen LogP contribution is 2.24. The first-order valence-corrected chi connectivity index (χ1v) is 7.02. The molecule has 0 bridgehead atoms. The second-order valence-corrected chi connectivity index (χ2v) is 4.99. The molecule has 0 fully saturated rings. The van der Waals surface area contributed by atoms with Crippen LogP contribution in [0, 0.1) is 6.92 Å². The van der Waals surface area contributed by atoms with Gasteiger partial charge in [-0.05, 0) is 26.0 Å². The second kappa shape index (κ2) is 6.11. The van der Waals surface area contributed by atoms with Crippen LogP contribution in [0.3, 0.4) is 0 Å². The van der Waals surface area contributed by atoms with E-state index in [4.69, 9.17) is 14.0 Å². The fourth-order valence-electron chi connectivity index (χ4n) is 2.07. The van der Waals surface area contributed by atoms with Gasteiger partial charge in [0.15, 0.2) is 12.4 Å². The quantitative estimate of drug-likeness (QED) is 0.720. The zero-order valence-electron chi connectivity index (χ0n) is 12.7. The van der Waals surface area contributed by atoms with Gasteiger partial charge in [-0.2, -0.15) is 4.98 Å². The van der Waals surface area contributed by atoms with Crippen molar-refractivity contribution in [1.82, 2.24) is 15.1 Å². The van der Waals surface area contributed by atoms with E-state index >= 15 is 0 Å². The van der Waals surface area contributed by atoms with Gasteiger partial charge in [0.1, 0.15) is 17.4 Å². The van der Waals surface area contributed by atoms with E-state index in [0.29, 0.717) is 17.5 Å². The average molecular weight is 299 g/mol. The highest BCUT2D eigenvalue weighted by Gasteiger charge is 2.13. The first-order chi connectivity index (χ1) is 10.7. The molecule has 0 aliphatic carbocycles. The summed E-state index contributed by atoms with van der Waals surface area (Å²) < 4.78 is 16.1. The molecule has 2 heterocycles. The summed E-state index contributed by atoms with van der Waals surface area (Å²) in [6, 6.07) is 9.81. The third kappa shape index (κ3) is 2.92. The van der Waals surface area contributed by atoms with Gasteiger partial charge in [0.05, 0.1) is 0 Å². The molecule has 0 aliphatic rings. The number of fused-ring (bicyclic) bond motifs is 1. The monoisotopic (exact) mass is 299 g/mol. The number of para-hydroxylation sites is 1. The summed E-state index contributed by atoms with van der Waals surface area (Å²) in [7, 11) is 1.60. The minimum Gasteiger partial charge on any atom is -0.481 e. The molecule has 0 spiro atoms. The summed E-state index contributed by atoms with van der Waals surface area (Å²) in [5, 5.41) is 4.90. The predicted molar refractivity (Wildman–Crippen MR) is 80.5 cm³/mol. The predicted octanol–water partition coefficient (Wildman–Crippen LogP) is 3.21. The highest BCUT2D eigenvalue weighted by molar-refractivity contribution is 5.84. The number of methoxy groups -OCH3 is 1. The highest BCUT2D eigenvalue weighted by atomic mass is 16.5. The fourth-order valence-corrected chi connectivity index (χ4v) is 2.07. The lowest BCUT2D eigenvalue weighted by Gasteiger charge is -2.07. The molecule has 0 saturated carbocycles. The standard InChI is InChI=1S/C16H17N3O3/c1-10-7-8-12-5-4-6-13(15(12)17-10)21-9-14-18-16(19-22-14)11(2)20-3/h4-8,11H,9H2,1-3H3/t11-/m0/s1. The van der Waals surface area contributed by atoms with Crippen molar-refractivity contribution in [2.24, 2.45) is 0 Å². The van der Waals surface area contributed by atoms with Crippen LogP contribution in [0.4, 0.5) is 0 Å². The number of aryl methyl sites for hydroxylation is 1. The lowest BCUT2D eigenvalue weighted by Crippen LogP contribution is -2.00. The van der Waals surface area contributed by atoms with Crippen molar-refractivity contribution >= 4 is 10.9 Å². The largest absolute Gasteiger partial charge is 0.481 e. The maximum absolute atomic E-state index is 5.79. The van der Waals surface area contributed by atoms with Gasteiger partial charge in [-0.25, -0.2) is 4.98 Å². The second-order valence-electron chi connectivity index (χ2n) is 4.99. The van der Waals surface area contributed by atoms with Crippen LogP contribution in [0.25, 0.3) is 10.9 Å². The van der Waals surface area contributed by atoms with Crippen molar-refractivity contribution in [1.29, 1.82) is 0 Å². The summed E-state index contributed by atoms with van der Waals surface area (Å²) in [4.78, 5) is 8.77. The number of rotatable bonds is 5. The van der Waals surface area contributed by atoms with Gasteiger partial charge in [0, 0.05) is 18.2 Å². The normalized spacial score (nSPS) is 12.5. The Morgan fingerprint density at radius 3 is 2.86 bits per heavy atom. The maximum Gasteiger partial charge on any atom is 0.264 e.